The van der Waals surface area contributed by atoms with Crippen LogP contribution in [0.4, 0.5) is 10.7 Å². The molecule has 2 heterocycles. The third-order valence-electron chi connectivity index (χ3n) is 4.47. The second-order valence-corrected chi connectivity index (χ2v) is 8.22. The van der Waals surface area contributed by atoms with E-state index in [1.165, 1.54) is 41.7 Å². The van der Waals surface area contributed by atoms with Gasteiger partial charge in [0.2, 0.25) is 0 Å². The number of non-ortho nitro benzene ring substituents is 1. The molecule has 32 heavy (non-hydrogen) atoms. The molecule has 2 aromatic heterocycles. The van der Waals surface area contributed by atoms with Gasteiger partial charge in [0, 0.05) is 10.9 Å². The van der Waals surface area contributed by atoms with E-state index in [9.17, 15) is 19.7 Å². The molecule has 0 aliphatic heterocycles. The summed E-state index contributed by atoms with van der Waals surface area (Å²) in [6.45, 7) is 5.46. The van der Waals surface area contributed by atoms with Crippen molar-refractivity contribution in [3.05, 3.63) is 73.0 Å². The lowest BCUT2D eigenvalue weighted by atomic mass is 10.1. The molecule has 9 nitrogen and oxygen atoms in total. The number of furan rings is 1. The molecular formula is C21H19ClN2O7S. The van der Waals surface area contributed by atoms with Crippen LogP contribution < -0.4 is 10.1 Å². The Labute approximate surface area is 192 Å². The predicted octanol–water partition coefficient (Wildman–Crippen LogP) is 5.53. The summed E-state index contributed by atoms with van der Waals surface area (Å²) in [6.07, 6.45) is 0. The zero-order chi connectivity index (χ0) is 23.4. The number of nitrogens with zero attached hydrogens (tertiary/aromatic N) is 1. The molecule has 0 unspecified atom stereocenters. The van der Waals surface area contributed by atoms with Gasteiger partial charge >= 0.3 is 5.97 Å². The number of carbonyl (C=O) groups is 2. The number of amides is 1. The quantitative estimate of drug-likeness (QED) is 0.256. The normalized spacial score (nSPS) is 10.6. The van der Waals surface area contributed by atoms with Gasteiger partial charge in [-0.25, -0.2) is 4.79 Å². The number of anilines is 1. The molecule has 0 radical (unpaired) electrons. The van der Waals surface area contributed by atoms with Gasteiger partial charge in [0.15, 0.2) is 5.76 Å². The number of rotatable bonds is 8. The van der Waals surface area contributed by atoms with Gasteiger partial charge in [0.1, 0.15) is 23.1 Å². The minimum Gasteiger partial charge on any atom is -0.484 e. The Kier molecular flexibility index (Phi) is 7.16. The van der Waals surface area contributed by atoms with Crippen LogP contribution in [-0.4, -0.2) is 23.4 Å². The highest BCUT2D eigenvalue weighted by Crippen LogP contribution is 2.34. The molecule has 168 valence electrons. The molecule has 3 rings (SSSR count). The fraction of sp³-hybridized carbons (Fsp3) is 0.238. The van der Waals surface area contributed by atoms with Crippen LogP contribution in [0.1, 0.15) is 44.0 Å². The van der Waals surface area contributed by atoms with Gasteiger partial charge in [-0.15, -0.1) is 11.3 Å². The van der Waals surface area contributed by atoms with Crippen molar-refractivity contribution in [2.24, 2.45) is 0 Å². The van der Waals surface area contributed by atoms with Crippen molar-refractivity contribution < 1.29 is 28.4 Å². The number of benzene rings is 1. The standard InChI is InChI=1S/C21H19ClN2O7S/c1-4-29-21(26)18-11(2)12(3)32-20(18)23-19(25)16-8-6-14(31-16)10-30-17-9-13(24(27)28)5-7-15(17)22/h5-9H,4,10H2,1-3H3,(H,23,25). The van der Waals surface area contributed by atoms with Crippen LogP contribution in [0, 0.1) is 24.0 Å². The summed E-state index contributed by atoms with van der Waals surface area (Å²) in [5.41, 5.74) is 0.895. The first-order valence-electron chi connectivity index (χ1n) is 9.45. The first-order chi connectivity index (χ1) is 15.2. The van der Waals surface area contributed by atoms with Gasteiger partial charge in [0.25, 0.3) is 11.6 Å². The number of hydrogen-bond donors (Lipinski definition) is 1. The van der Waals surface area contributed by atoms with Crippen LogP contribution >= 0.6 is 22.9 Å². The van der Waals surface area contributed by atoms with Crippen LogP contribution in [0.2, 0.25) is 5.02 Å². The van der Waals surface area contributed by atoms with Gasteiger partial charge in [-0.3, -0.25) is 14.9 Å². The number of halogens is 1. The lowest BCUT2D eigenvalue weighted by molar-refractivity contribution is -0.384. The maximum absolute atomic E-state index is 12.6. The first kappa shape index (κ1) is 23.3. The van der Waals surface area contributed by atoms with E-state index in [0.29, 0.717) is 16.3 Å². The number of nitrogens with one attached hydrogen (secondary N) is 1. The molecule has 0 aliphatic rings. The molecular weight excluding hydrogens is 460 g/mol. The van der Waals surface area contributed by atoms with E-state index < -0.39 is 16.8 Å². The largest absolute Gasteiger partial charge is 0.484 e. The Hall–Kier alpha value is -3.37. The molecule has 0 saturated carbocycles. The van der Waals surface area contributed by atoms with Gasteiger partial charge in [-0.2, -0.15) is 0 Å². The average molecular weight is 479 g/mol. The summed E-state index contributed by atoms with van der Waals surface area (Å²) in [6, 6.07) is 6.83. The molecule has 1 amide bonds. The van der Waals surface area contributed by atoms with Gasteiger partial charge < -0.3 is 19.2 Å². The van der Waals surface area contributed by atoms with Crippen LogP contribution in [0.5, 0.6) is 5.75 Å². The van der Waals surface area contributed by atoms with E-state index in [-0.39, 0.29) is 35.4 Å². The van der Waals surface area contributed by atoms with E-state index in [2.05, 4.69) is 5.32 Å². The SMILES string of the molecule is CCOC(=O)c1c(NC(=O)c2ccc(COc3cc([N+](=O)[O-])ccc3Cl)o2)sc(C)c1C. The molecule has 0 saturated heterocycles. The minimum absolute atomic E-state index is 0.00672. The topological polar surface area (TPSA) is 121 Å². The lowest BCUT2D eigenvalue weighted by Gasteiger charge is -2.07. The predicted molar refractivity (Wildman–Crippen MR) is 119 cm³/mol. The molecule has 1 aromatic carbocycles. The van der Waals surface area contributed by atoms with E-state index in [1.54, 1.807) is 13.8 Å². The van der Waals surface area contributed by atoms with Crippen molar-refractivity contribution in [3.63, 3.8) is 0 Å². The van der Waals surface area contributed by atoms with Gasteiger partial charge in [0.05, 0.1) is 28.2 Å². The Balaban J connectivity index is 1.71. The number of aryl methyl sites for hydroxylation is 1. The van der Waals surface area contributed by atoms with Crippen molar-refractivity contribution >= 4 is 45.5 Å². The number of ether oxygens (including phenoxy) is 2. The summed E-state index contributed by atoms with van der Waals surface area (Å²) in [5.74, 6) is -0.621. The zero-order valence-electron chi connectivity index (χ0n) is 17.4. The van der Waals surface area contributed by atoms with Crippen LogP contribution in [-0.2, 0) is 11.3 Å². The summed E-state index contributed by atoms with van der Waals surface area (Å²) < 4.78 is 16.1. The molecule has 0 atom stereocenters. The summed E-state index contributed by atoms with van der Waals surface area (Å²) in [5, 5.41) is 14.2. The van der Waals surface area contributed by atoms with E-state index in [0.717, 1.165) is 10.4 Å². The van der Waals surface area contributed by atoms with Crippen molar-refractivity contribution in [1.29, 1.82) is 0 Å². The van der Waals surface area contributed by atoms with Crippen molar-refractivity contribution in [3.8, 4) is 5.75 Å². The zero-order valence-corrected chi connectivity index (χ0v) is 19.0. The number of hydrogen-bond acceptors (Lipinski definition) is 8. The summed E-state index contributed by atoms with van der Waals surface area (Å²) >= 11 is 7.28. The highest BCUT2D eigenvalue weighted by Gasteiger charge is 2.23. The average Bonchev–Trinajstić information content (AvgIpc) is 3.32. The molecule has 0 aliphatic carbocycles. The van der Waals surface area contributed by atoms with Gasteiger partial charge in [-0.1, -0.05) is 11.6 Å². The fourth-order valence-corrected chi connectivity index (χ4v) is 3.99. The van der Waals surface area contributed by atoms with E-state index >= 15 is 0 Å². The van der Waals surface area contributed by atoms with Crippen LogP contribution in [0.25, 0.3) is 0 Å². The second-order valence-electron chi connectivity index (χ2n) is 6.59. The summed E-state index contributed by atoms with van der Waals surface area (Å²) in [4.78, 5) is 36.1. The molecule has 0 spiro atoms. The lowest BCUT2D eigenvalue weighted by Crippen LogP contribution is -2.14. The molecule has 0 fully saturated rings. The van der Waals surface area contributed by atoms with E-state index in [4.69, 9.17) is 25.5 Å². The minimum atomic E-state index is -0.558. The fourth-order valence-electron chi connectivity index (χ4n) is 2.77. The third kappa shape index (κ3) is 5.09. The van der Waals surface area contributed by atoms with Crippen LogP contribution in [0.3, 0.4) is 0 Å². The first-order valence-corrected chi connectivity index (χ1v) is 10.6. The van der Waals surface area contributed by atoms with Crippen LogP contribution in [0.15, 0.2) is 34.7 Å². The Morgan fingerprint density at radius 2 is 2.00 bits per heavy atom. The summed E-state index contributed by atoms with van der Waals surface area (Å²) in [7, 11) is 0. The maximum Gasteiger partial charge on any atom is 0.341 e. The maximum atomic E-state index is 12.6. The Morgan fingerprint density at radius 1 is 1.25 bits per heavy atom. The van der Waals surface area contributed by atoms with Crippen molar-refractivity contribution in [1.82, 2.24) is 0 Å². The molecule has 11 heteroatoms. The monoisotopic (exact) mass is 478 g/mol. The highest BCUT2D eigenvalue weighted by molar-refractivity contribution is 7.16. The number of thiophene rings is 1. The third-order valence-corrected chi connectivity index (χ3v) is 5.91. The number of nitro benzene ring substituents is 1. The smallest absolute Gasteiger partial charge is 0.341 e. The molecule has 3 aromatic rings. The Bertz CT molecular complexity index is 1190. The number of carbonyl (C=O) groups excluding carboxylic acids is 2. The second kappa shape index (κ2) is 9.84. The Morgan fingerprint density at radius 3 is 2.69 bits per heavy atom. The molecule has 1 N–H and O–H groups in total. The van der Waals surface area contributed by atoms with Crippen molar-refractivity contribution in [2.45, 2.75) is 27.4 Å². The number of nitro groups is 1. The number of esters is 1. The van der Waals surface area contributed by atoms with Crippen molar-refractivity contribution in [2.75, 3.05) is 11.9 Å². The van der Waals surface area contributed by atoms with Gasteiger partial charge in [-0.05, 0) is 44.5 Å². The highest BCUT2D eigenvalue weighted by atomic mass is 35.5. The molecule has 0 bridgehead atoms. The van der Waals surface area contributed by atoms with E-state index in [1.807, 2.05) is 6.92 Å².